The lowest BCUT2D eigenvalue weighted by Gasteiger charge is -2.07. The molecule has 0 spiro atoms. The number of carbonyl (C=O) groups is 1. The summed E-state index contributed by atoms with van der Waals surface area (Å²) in [5.41, 5.74) is 3.06. The van der Waals surface area contributed by atoms with Gasteiger partial charge in [-0.05, 0) is 36.2 Å². The zero-order valence-electron chi connectivity index (χ0n) is 12.5. The number of hydrogen-bond donors (Lipinski definition) is 1. The number of aromatic nitrogens is 1. The highest BCUT2D eigenvalue weighted by Gasteiger charge is 2.17. The van der Waals surface area contributed by atoms with Gasteiger partial charge in [-0.3, -0.25) is 0 Å². The molecule has 0 saturated heterocycles. The van der Waals surface area contributed by atoms with Crippen LogP contribution in [-0.2, 0) is 13.7 Å². The number of nitrogens with zero attached hydrogens (tertiary/aromatic N) is 1. The molecule has 0 bridgehead atoms. The summed E-state index contributed by atoms with van der Waals surface area (Å²) < 4.78 is 7.51. The van der Waals surface area contributed by atoms with Gasteiger partial charge in [0, 0.05) is 18.0 Å². The molecule has 0 aliphatic rings. The molecule has 0 aliphatic heterocycles. The monoisotopic (exact) mass is 295 g/mol. The van der Waals surface area contributed by atoms with E-state index in [0.717, 1.165) is 27.8 Å². The third kappa shape index (κ3) is 2.44. The Hall–Kier alpha value is -2.75. The number of benzene rings is 2. The number of ether oxygens (including phenoxy) is 1. The second kappa shape index (κ2) is 5.56. The van der Waals surface area contributed by atoms with E-state index in [1.54, 1.807) is 11.6 Å². The van der Waals surface area contributed by atoms with Gasteiger partial charge < -0.3 is 14.4 Å². The van der Waals surface area contributed by atoms with E-state index < -0.39 is 5.97 Å². The molecule has 0 aliphatic carbocycles. The number of rotatable bonds is 4. The first-order chi connectivity index (χ1) is 10.6. The van der Waals surface area contributed by atoms with Crippen molar-refractivity contribution in [2.75, 3.05) is 0 Å². The lowest BCUT2D eigenvalue weighted by molar-refractivity contribution is 0.0686. The SMILES string of the molecule is Cc1c(C(=O)O)n(C)c2ccc(OCc3ccccc3)cc12. The molecule has 0 radical (unpaired) electrons. The second-order valence-electron chi connectivity index (χ2n) is 5.29. The van der Waals surface area contributed by atoms with Crippen LogP contribution in [-0.4, -0.2) is 15.6 Å². The van der Waals surface area contributed by atoms with Crippen molar-refractivity contribution >= 4 is 16.9 Å². The predicted octanol–water partition coefficient (Wildman–Crippen LogP) is 3.76. The number of aromatic carboxylic acids is 1. The van der Waals surface area contributed by atoms with Gasteiger partial charge in [-0.15, -0.1) is 0 Å². The first-order valence-electron chi connectivity index (χ1n) is 7.07. The average Bonchev–Trinajstić information content (AvgIpc) is 2.77. The van der Waals surface area contributed by atoms with Crippen LogP contribution in [0.3, 0.4) is 0 Å². The summed E-state index contributed by atoms with van der Waals surface area (Å²) in [5, 5.41) is 10.2. The van der Waals surface area contributed by atoms with Crippen LogP contribution in [0.4, 0.5) is 0 Å². The third-order valence-corrected chi connectivity index (χ3v) is 3.87. The number of aryl methyl sites for hydroxylation is 2. The van der Waals surface area contributed by atoms with Gasteiger partial charge in [0.2, 0.25) is 0 Å². The van der Waals surface area contributed by atoms with Crippen molar-refractivity contribution in [3.63, 3.8) is 0 Å². The molecule has 4 heteroatoms. The zero-order valence-corrected chi connectivity index (χ0v) is 12.5. The highest BCUT2D eigenvalue weighted by molar-refractivity contribution is 5.98. The van der Waals surface area contributed by atoms with Crippen molar-refractivity contribution in [1.29, 1.82) is 0 Å². The van der Waals surface area contributed by atoms with Crippen LogP contribution in [0.15, 0.2) is 48.5 Å². The standard InChI is InChI=1S/C18H17NO3/c1-12-15-10-14(22-11-13-6-4-3-5-7-13)8-9-16(15)19(2)17(12)18(20)21/h3-10H,11H2,1-2H3,(H,20,21). The van der Waals surface area contributed by atoms with E-state index in [-0.39, 0.29) is 0 Å². The molecule has 1 N–H and O–H groups in total. The van der Waals surface area contributed by atoms with Crippen molar-refractivity contribution in [2.24, 2.45) is 7.05 Å². The Morgan fingerprint density at radius 1 is 1.18 bits per heavy atom. The van der Waals surface area contributed by atoms with Crippen LogP contribution >= 0.6 is 0 Å². The molecule has 0 saturated carbocycles. The highest BCUT2D eigenvalue weighted by Crippen LogP contribution is 2.28. The molecule has 2 aromatic carbocycles. The minimum Gasteiger partial charge on any atom is -0.489 e. The maximum atomic E-state index is 11.4. The number of fused-ring (bicyclic) bond motifs is 1. The summed E-state index contributed by atoms with van der Waals surface area (Å²) in [6, 6.07) is 15.6. The second-order valence-corrected chi connectivity index (χ2v) is 5.29. The summed E-state index contributed by atoms with van der Waals surface area (Å²) in [6.45, 7) is 2.32. The van der Waals surface area contributed by atoms with Gasteiger partial charge in [-0.2, -0.15) is 0 Å². The molecular formula is C18H17NO3. The smallest absolute Gasteiger partial charge is 0.352 e. The summed E-state index contributed by atoms with van der Waals surface area (Å²) in [5.74, 6) is -0.176. The van der Waals surface area contributed by atoms with Gasteiger partial charge in [-0.25, -0.2) is 4.79 Å². The molecule has 3 aromatic rings. The van der Waals surface area contributed by atoms with Crippen molar-refractivity contribution in [3.05, 3.63) is 65.4 Å². The Morgan fingerprint density at radius 3 is 2.59 bits per heavy atom. The van der Waals surface area contributed by atoms with Crippen molar-refractivity contribution < 1.29 is 14.6 Å². The summed E-state index contributed by atoms with van der Waals surface area (Å²) in [7, 11) is 1.77. The molecule has 4 nitrogen and oxygen atoms in total. The Kier molecular flexibility index (Phi) is 3.59. The molecule has 22 heavy (non-hydrogen) atoms. The Labute approximate surface area is 128 Å². The highest BCUT2D eigenvalue weighted by atomic mass is 16.5. The van der Waals surface area contributed by atoms with E-state index in [2.05, 4.69) is 0 Å². The van der Waals surface area contributed by atoms with E-state index in [1.165, 1.54) is 0 Å². The maximum Gasteiger partial charge on any atom is 0.352 e. The third-order valence-electron chi connectivity index (χ3n) is 3.87. The zero-order chi connectivity index (χ0) is 15.7. The molecule has 0 fully saturated rings. The van der Waals surface area contributed by atoms with Gasteiger partial charge in [0.05, 0.1) is 0 Å². The molecule has 3 rings (SSSR count). The fraction of sp³-hybridized carbons (Fsp3) is 0.167. The summed E-state index contributed by atoms with van der Waals surface area (Å²) in [6.07, 6.45) is 0. The van der Waals surface area contributed by atoms with Gasteiger partial charge in [-0.1, -0.05) is 30.3 Å². The largest absolute Gasteiger partial charge is 0.489 e. The Bertz CT molecular complexity index is 834. The normalized spacial score (nSPS) is 10.8. The lowest BCUT2D eigenvalue weighted by atomic mass is 10.1. The molecule has 0 atom stereocenters. The van der Waals surface area contributed by atoms with Crippen LogP contribution in [0.5, 0.6) is 5.75 Å². The number of hydrogen-bond acceptors (Lipinski definition) is 2. The molecular weight excluding hydrogens is 278 g/mol. The summed E-state index contributed by atoms with van der Waals surface area (Å²) >= 11 is 0. The fourth-order valence-electron chi connectivity index (χ4n) is 2.74. The van der Waals surface area contributed by atoms with E-state index in [0.29, 0.717) is 12.3 Å². The van der Waals surface area contributed by atoms with Crippen LogP contribution in [0, 0.1) is 6.92 Å². The maximum absolute atomic E-state index is 11.4. The van der Waals surface area contributed by atoms with E-state index >= 15 is 0 Å². The quantitative estimate of drug-likeness (QED) is 0.797. The Balaban J connectivity index is 1.93. The van der Waals surface area contributed by atoms with Gasteiger partial charge in [0.1, 0.15) is 18.1 Å². The molecule has 112 valence electrons. The van der Waals surface area contributed by atoms with Gasteiger partial charge in [0.25, 0.3) is 0 Å². The molecule has 0 amide bonds. The first-order valence-corrected chi connectivity index (χ1v) is 7.07. The minimum absolute atomic E-state index is 0.315. The minimum atomic E-state index is -0.914. The van der Waals surface area contributed by atoms with E-state index in [1.807, 2.05) is 55.5 Å². The lowest BCUT2D eigenvalue weighted by Crippen LogP contribution is -2.05. The van der Waals surface area contributed by atoms with E-state index in [4.69, 9.17) is 4.74 Å². The summed E-state index contributed by atoms with van der Waals surface area (Å²) in [4.78, 5) is 11.4. The van der Waals surface area contributed by atoms with Crippen LogP contribution < -0.4 is 4.74 Å². The number of carboxylic acid groups (broad SMARTS) is 1. The van der Waals surface area contributed by atoms with Gasteiger partial charge >= 0.3 is 5.97 Å². The predicted molar refractivity (Wildman–Crippen MR) is 85.4 cm³/mol. The van der Waals surface area contributed by atoms with Crippen LogP contribution in [0.1, 0.15) is 21.6 Å². The first kappa shape index (κ1) is 14.2. The number of carboxylic acids is 1. The van der Waals surface area contributed by atoms with Crippen molar-refractivity contribution in [3.8, 4) is 5.75 Å². The average molecular weight is 295 g/mol. The Morgan fingerprint density at radius 2 is 1.91 bits per heavy atom. The van der Waals surface area contributed by atoms with Crippen molar-refractivity contribution in [1.82, 2.24) is 4.57 Å². The fourth-order valence-corrected chi connectivity index (χ4v) is 2.74. The van der Waals surface area contributed by atoms with E-state index in [9.17, 15) is 9.90 Å². The molecule has 1 aromatic heterocycles. The van der Waals surface area contributed by atoms with Crippen LogP contribution in [0.25, 0.3) is 10.9 Å². The van der Waals surface area contributed by atoms with Crippen LogP contribution in [0.2, 0.25) is 0 Å². The topological polar surface area (TPSA) is 51.5 Å². The van der Waals surface area contributed by atoms with Crippen molar-refractivity contribution in [2.45, 2.75) is 13.5 Å². The molecule has 0 unspecified atom stereocenters. The van der Waals surface area contributed by atoms with Gasteiger partial charge in [0.15, 0.2) is 0 Å². The molecule has 1 heterocycles.